The molecule has 0 radical (unpaired) electrons. The van der Waals surface area contributed by atoms with Gasteiger partial charge < -0.3 is 15.6 Å². The summed E-state index contributed by atoms with van der Waals surface area (Å²) in [6, 6.07) is 14.1. The van der Waals surface area contributed by atoms with Crippen LogP contribution in [0.2, 0.25) is 0 Å². The van der Waals surface area contributed by atoms with Crippen molar-refractivity contribution in [2.24, 2.45) is 5.73 Å². The molecule has 0 amide bonds. The molecule has 3 heteroatoms. The van der Waals surface area contributed by atoms with E-state index in [1.165, 1.54) is 0 Å². The number of rotatable bonds is 6. The number of hydrogen-bond donors (Lipinski definition) is 2. The highest BCUT2D eigenvalue weighted by Gasteiger charge is 2.30. The SMILES string of the molecule is COCC(O)(CCCN)c1cccc2ccccc12. The standard InChI is InChI=1S/C16H21NO2/c1-19-12-16(18,10-5-11-17)15-9-4-7-13-6-2-3-8-14(13)15/h2-4,6-9,18H,5,10-12,17H2,1H3. The van der Waals surface area contributed by atoms with Gasteiger partial charge in [0.25, 0.3) is 0 Å². The van der Waals surface area contributed by atoms with Crippen molar-refractivity contribution in [2.75, 3.05) is 20.3 Å². The minimum Gasteiger partial charge on any atom is -0.383 e. The van der Waals surface area contributed by atoms with Gasteiger partial charge in [0.1, 0.15) is 5.60 Å². The maximum atomic E-state index is 10.9. The van der Waals surface area contributed by atoms with Gasteiger partial charge in [0.05, 0.1) is 6.61 Å². The number of hydrogen-bond acceptors (Lipinski definition) is 3. The van der Waals surface area contributed by atoms with Gasteiger partial charge >= 0.3 is 0 Å². The minimum absolute atomic E-state index is 0.279. The molecular formula is C16H21NO2. The molecule has 102 valence electrons. The number of nitrogens with two attached hydrogens (primary N) is 1. The first kappa shape index (κ1) is 14.0. The van der Waals surface area contributed by atoms with Crippen LogP contribution < -0.4 is 5.73 Å². The van der Waals surface area contributed by atoms with Crippen molar-refractivity contribution in [3.8, 4) is 0 Å². The average Bonchev–Trinajstić information content (AvgIpc) is 2.45. The summed E-state index contributed by atoms with van der Waals surface area (Å²) in [7, 11) is 1.61. The lowest BCUT2D eigenvalue weighted by molar-refractivity contribution is -0.0418. The zero-order valence-electron chi connectivity index (χ0n) is 11.3. The van der Waals surface area contributed by atoms with Gasteiger partial charge in [-0.3, -0.25) is 0 Å². The van der Waals surface area contributed by atoms with Crippen molar-refractivity contribution in [3.63, 3.8) is 0 Å². The van der Waals surface area contributed by atoms with Crippen molar-refractivity contribution >= 4 is 10.8 Å². The van der Waals surface area contributed by atoms with Gasteiger partial charge in [0, 0.05) is 7.11 Å². The van der Waals surface area contributed by atoms with Crippen LogP contribution in [0.3, 0.4) is 0 Å². The maximum absolute atomic E-state index is 10.9. The second-order valence-electron chi connectivity index (χ2n) is 4.88. The zero-order chi connectivity index (χ0) is 13.7. The van der Waals surface area contributed by atoms with Gasteiger partial charge in [-0.1, -0.05) is 42.5 Å². The van der Waals surface area contributed by atoms with Crippen molar-refractivity contribution < 1.29 is 9.84 Å². The highest BCUT2D eigenvalue weighted by atomic mass is 16.5. The smallest absolute Gasteiger partial charge is 0.113 e. The van der Waals surface area contributed by atoms with Gasteiger partial charge in [0.2, 0.25) is 0 Å². The summed E-state index contributed by atoms with van der Waals surface area (Å²) < 4.78 is 5.22. The Morgan fingerprint density at radius 2 is 1.89 bits per heavy atom. The Morgan fingerprint density at radius 1 is 1.16 bits per heavy atom. The van der Waals surface area contributed by atoms with Crippen LogP contribution >= 0.6 is 0 Å². The Hall–Kier alpha value is -1.42. The summed E-state index contributed by atoms with van der Waals surface area (Å²) in [5, 5.41) is 13.1. The second kappa shape index (κ2) is 6.15. The molecule has 0 bridgehead atoms. The van der Waals surface area contributed by atoms with Crippen molar-refractivity contribution in [3.05, 3.63) is 48.0 Å². The summed E-state index contributed by atoms with van der Waals surface area (Å²) in [6.07, 6.45) is 1.37. The Balaban J connectivity index is 2.49. The molecule has 3 nitrogen and oxygen atoms in total. The molecule has 0 spiro atoms. The Bertz CT molecular complexity index is 536. The van der Waals surface area contributed by atoms with E-state index in [0.29, 0.717) is 13.0 Å². The van der Waals surface area contributed by atoms with Crippen molar-refractivity contribution in [1.82, 2.24) is 0 Å². The predicted molar refractivity (Wildman–Crippen MR) is 78.0 cm³/mol. The van der Waals surface area contributed by atoms with E-state index in [1.807, 2.05) is 30.3 Å². The van der Waals surface area contributed by atoms with Gasteiger partial charge in [-0.05, 0) is 35.7 Å². The van der Waals surface area contributed by atoms with E-state index in [4.69, 9.17) is 10.5 Å². The summed E-state index contributed by atoms with van der Waals surface area (Å²) in [6.45, 7) is 0.845. The number of ether oxygens (including phenoxy) is 1. The molecule has 19 heavy (non-hydrogen) atoms. The lowest BCUT2D eigenvalue weighted by Gasteiger charge is -2.29. The van der Waals surface area contributed by atoms with Crippen LogP contribution in [-0.2, 0) is 10.3 Å². The van der Waals surface area contributed by atoms with E-state index in [0.717, 1.165) is 22.8 Å². The number of benzene rings is 2. The monoisotopic (exact) mass is 259 g/mol. The first-order chi connectivity index (χ1) is 9.21. The normalized spacial score (nSPS) is 14.5. The molecule has 2 rings (SSSR count). The molecule has 0 aliphatic heterocycles. The van der Waals surface area contributed by atoms with Gasteiger partial charge in [-0.25, -0.2) is 0 Å². The van der Waals surface area contributed by atoms with Crippen LogP contribution in [0.4, 0.5) is 0 Å². The highest BCUT2D eigenvalue weighted by Crippen LogP contribution is 2.32. The molecule has 0 heterocycles. The van der Waals surface area contributed by atoms with E-state index < -0.39 is 5.60 Å². The molecule has 1 unspecified atom stereocenters. The number of aliphatic hydroxyl groups is 1. The summed E-state index contributed by atoms with van der Waals surface area (Å²) in [5.41, 5.74) is 5.51. The predicted octanol–water partition coefficient (Wildman–Crippen LogP) is 2.41. The number of methoxy groups -OCH3 is 1. The van der Waals surface area contributed by atoms with E-state index in [1.54, 1.807) is 7.11 Å². The van der Waals surface area contributed by atoms with E-state index in [9.17, 15) is 5.11 Å². The minimum atomic E-state index is -0.977. The molecule has 3 N–H and O–H groups in total. The van der Waals surface area contributed by atoms with Crippen LogP contribution in [0.5, 0.6) is 0 Å². The fourth-order valence-corrected chi connectivity index (χ4v) is 2.55. The average molecular weight is 259 g/mol. The summed E-state index contributed by atoms with van der Waals surface area (Å²) >= 11 is 0. The number of fused-ring (bicyclic) bond motifs is 1. The first-order valence-corrected chi connectivity index (χ1v) is 6.61. The topological polar surface area (TPSA) is 55.5 Å². The fourth-order valence-electron chi connectivity index (χ4n) is 2.55. The van der Waals surface area contributed by atoms with Crippen LogP contribution in [0.25, 0.3) is 10.8 Å². The largest absolute Gasteiger partial charge is 0.383 e. The van der Waals surface area contributed by atoms with Crippen LogP contribution in [0.1, 0.15) is 18.4 Å². The lowest BCUT2D eigenvalue weighted by Crippen LogP contribution is -2.32. The van der Waals surface area contributed by atoms with Crippen molar-refractivity contribution in [2.45, 2.75) is 18.4 Å². The van der Waals surface area contributed by atoms with Crippen LogP contribution in [0, 0.1) is 0 Å². The lowest BCUT2D eigenvalue weighted by atomic mass is 9.86. The molecule has 0 saturated carbocycles. The highest BCUT2D eigenvalue weighted by molar-refractivity contribution is 5.86. The molecule has 0 aromatic heterocycles. The molecule has 0 aliphatic rings. The van der Waals surface area contributed by atoms with Crippen LogP contribution in [-0.4, -0.2) is 25.4 Å². The van der Waals surface area contributed by atoms with Gasteiger partial charge in [-0.2, -0.15) is 0 Å². The van der Waals surface area contributed by atoms with E-state index in [2.05, 4.69) is 12.1 Å². The van der Waals surface area contributed by atoms with E-state index >= 15 is 0 Å². The summed E-state index contributed by atoms with van der Waals surface area (Å²) in [5.74, 6) is 0. The Kier molecular flexibility index (Phi) is 4.53. The van der Waals surface area contributed by atoms with Gasteiger partial charge in [0.15, 0.2) is 0 Å². The third-order valence-corrected chi connectivity index (χ3v) is 3.47. The molecule has 0 saturated heterocycles. The molecule has 1 atom stereocenters. The van der Waals surface area contributed by atoms with Gasteiger partial charge in [-0.15, -0.1) is 0 Å². The molecule has 0 aliphatic carbocycles. The quantitative estimate of drug-likeness (QED) is 0.837. The Labute approximate surface area is 114 Å². The van der Waals surface area contributed by atoms with E-state index in [-0.39, 0.29) is 6.61 Å². The van der Waals surface area contributed by atoms with Crippen molar-refractivity contribution in [1.29, 1.82) is 0 Å². The molecule has 0 fully saturated rings. The second-order valence-corrected chi connectivity index (χ2v) is 4.88. The third-order valence-electron chi connectivity index (χ3n) is 3.47. The fraction of sp³-hybridized carbons (Fsp3) is 0.375. The zero-order valence-corrected chi connectivity index (χ0v) is 11.3. The Morgan fingerprint density at radius 3 is 2.63 bits per heavy atom. The first-order valence-electron chi connectivity index (χ1n) is 6.61. The third kappa shape index (κ3) is 2.95. The maximum Gasteiger partial charge on any atom is 0.113 e. The molecule has 2 aromatic rings. The molecular weight excluding hydrogens is 238 g/mol. The summed E-state index contributed by atoms with van der Waals surface area (Å²) in [4.78, 5) is 0. The van der Waals surface area contributed by atoms with Crippen LogP contribution in [0.15, 0.2) is 42.5 Å². The molecule has 2 aromatic carbocycles.